The number of benzene rings is 2. The highest BCUT2D eigenvalue weighted by atomic mass is 19.1. The standard InChI is InChI=1S/C19H16FN3O3/c20-15-7-5-13(6-8-15)11-17(19(25)26)22-18(24)14-3-1-4-16(12-14)23-10-2-9-21-23/h1-10,12,17H,11H2,(H,22,24)(H,25,26)/t17-/m0/s1. The number of carboxylic acids is 1. The van der Waals surface area contributed by atoms with Crippen LogP contribution in [0.4, 0.5) is 4.39 Å². The fraction of sp³-hybridized carbons (Fsp3) is 0.105. The van der Waals surface area contributed by atoms with Crippen molar-refractivity contribution < 1.29 is 19.1 Å². The predicted octanol–water partition coefficient (Wildman–Crippen LogP) is 2.44. The number of carbonyl (C=O) groups excluding carboxylic acids is 1. The zero-order valence-electron chi connectivity index (χ0n) is 13.7. The lowest BCUT2D eigenvalue weighted by Gasteiger charge is -2.15. The summed E-state index contributed by atoms with van der Waals surface area (Å²) in [5.41, 5.74) is 1.63. The van der Waals surface area contributed by atoms with E-state index in [2.05, 4.69) is 10.4 Å². The van der Waals surface area contributed by atoms with Gasteiger partial charge in [-0.3, -0.25) is 4.79 Å². The lowest BCUT2D eigenvalue weighted by atomic mass is 10.1. The maximum absolute atomic E-state index is 13.0. The van der Waals surface area contributed by atoms with E-state index in [1.807, 2.05) is 0 Å². The molecular formula is C19H16FN3O3. The van der Waals surface area contributed by atoms with Crippen molar-refractivity contribution in [2.45, 2.75) is 12.5 Å². The first-order valence-electron chi connectivity index (χ1n) is 7.91. The SMILES string of the molecule is O=C(N[C@@H](Cc1ccc(F)cc1)C(=O)O)c1cccc(-n2cccn2)c1. The average molecular weight is 353 g/mol. The molecule has 0 aliphatic heterocycles. The summed E-state index contributed by atoms with van der Waals surface area (Å²) >= 11 is 0. The predicted molar refractivity (Wildman–Crippen MR) is 92.6 cm³/mol. The van der Waals surface area contributed by atoms with Crippen molar-refractivity contribution in [2.75, 3.05) is 0 Å². The first kappa shape index (κ1) is 17.3. The van der Waals surface area contributed by atoms with Crippen LogP contribution in [-0.4, -0.2) is 32.8 Å². The number of aromatic nitrogens is 2. The van der Waals surface area contributed by atoms with Crippen LogP contribution in [0.15, 0.2) is 67.0 Å². The number of carbonyl (C=O) groups is 2. The van der Waals surface area contributed by atoms with Gasteiger partial charge < -0.3 is 10.4 Å². The highest BCUT2D eigenvalue weighted by molar-refractivity contribution is 5.97. The molecule has 0 fully saturated rings. The minimum absolute atomic E-state index is 0.0558. The topological polar surface area (TPSA) is 84.2 Å². The van der Waals surface area contributed by atoms with Crippen molar-refractivity contribution in [3.8, 4) is 5.69 Å². The lowest BCUT2D eigenvalue weighted by molar-refractivity contribution is -0.139. The Kier molecular flexibility index (Phi) is 5.07. The Hall–Kier alpha value is -3.48. The van der Waals surface area contributed by atoms with Gasteiger partial charge in [-0.1, -0.05) is 18.2 Å². The van der Waals surface area contributed by atoms with Gasteiger partial charge in [0.15, 0.2) is 0 Å². The van der Waals surface area contributed by atoms with Crippen molar-refractivity contribution in [3.63, 3.8) is 0 Å². The second kappa shape index (κ2) is 7.60. The maximum Gasteiger partial charge on any atom is 0.326 e. The summed E-state index contributed by atoms with van der Waals surface area (Å²) in [6, 6.07) is 12.8. The van der Waals surface area contributed by atoms with E-state index in [4.69, 9.17) is 0 Å². The number of rotatable bonds is 6. The van der Waals surface area contributed by atoms with Gasteiger partial charge in [-0.25, -0.2) is 13.9 Å². The minimum atomic E-state index is -1.16. The van der Waals surface area contributed by atoms with Crippen LogP contribution in [0.2, 0.25) is 0 Å². The zero-order valence-corrected chi connectivity index (χ0v) is 13.7. The Labute approximate surface area is 148 Å². The van der Waals surface area contributed by atoms with E-state index in [0.29, 0.717) is 16.8 Å². The quantitative estimate of drug-likeness (QED) is 0.713. The maximum atomic E-state index is 13.0. The van der Waals surface area contributed by atoms with Crippen molar-refractivity contribution in [1.82, 2.24) is 15.1 Å². The number of aliphatic carboxylic acids is 1. The second-order valence-corrected chi connectivity index (χ2v) is 5.70. The van der Waals surface area contributed by atoms with Crippen molar-refractivity contribution in [3.05, 3.63) is 83.9 Å². The third-order valence-corrected chi connectivity index (χ3v) is 3.83. The summed E-state index contributed by atoms with van der Waals surface area (Å²) < 4.78 is 14.6. The number of halogens is 1. The van der Waals surface area contributed by atoms with Crippen molar-refractivity contribution >= 4 is 11.9 Å². The molecule has 0 saturated heterocycles. The van der Waals surface area contributed by atoms with Crippen LogP contribution in [-0.2, 0) is 11.2 Å². The molecule has 0 aliphatic carbocycles. The van der Waals surface area contributed by atoms with Crippen LogP contribution in [0, 0.1) is 5.82 Å². The van der Waals surface area contributed by atoms with E-state index >= 15 is 0 Å². The van der Waals surface area contributed by atoms with E-state index in [9.17, 15) is 19.1 Å². The number of nitrogens with zero attached hydrogens (tertiary/aromatic N) is 2. The summed E-state index contributed by atoms with van der Waals surface area (Å²) in [5.74, 6) is -2.07. The highest BCUT2D eigenvalue weighted by Crippen LogP contribution is 2.11. The molecule has 0 bridgehead atoms. The van der Waals surface area contributed by atoms with Crippen molar-refractivity contribution in [1.29, 1.82) is 0 Å². The fourth-order valence-electron chi connectivity index (χ4n) is 2.51. The van der Waals surface area contributed by atoms with Gasteiger partial charge >= 0.3 is 5.97 Å². The van der Waals surface area contributed by atoms with Gasteiger partial charge in [-0.05, 0) is 42.0 Å². The lowest BCUT2D eigenvalue weighted by Crippen LogP contribution is -2.42. The molecule has 3 rings (SSSR count). The largest absolute Gasteiger partial charge is 0.480 e. The number of nitrogens with one attached hydrogen (secondary N) is 1. The third-order valence-electron chi connectivity index (χ3n) is 3.83. The summed E-state index contributed by atoms with van der Waals surface area (Å²) in [5, 5.41) is 16.0. The third kappa shape index (κ3) is 4.13. The number of carboxylic acid groups (broad SMARTS) is 1. The van der Waals surface area contributed by atoms with Crippen LogP contribution in [0.3, 0.4) is 0 Å². The van der Waals surface area contributed by atoms with Gasteiger partial charge in [-0.15, -0.1) is 0 Å². The normalized spacial score (nSPS) is 11.7. The first-order valence-corrected chi connectivity index (χ1v) is 7.91. The molecule has 1 atom stereocenters. The molecule has 26 heavy (non-hydrogen) atoms. The summed E-state index contributed by atoms with van der Waals surface area (Å²) in [4.78, 5) is 23.9. The molecule has 0 radical (unpaired) electrons. The minimum Gasteiger partial charge on any atom is -0.480 e. The van der Waals surface area contributed by atoms with Crippen LogP contribution in [0.25, 0.3) is 5.69 Å². The molecule has 1 amide bonds. The summed E-state index contributed by atoms with van der Waals surface area (Å²) in [7, 11) is 0. The van der Waals surface area contributed by atoms with E-state index in [-0.39, 0.29) is 6.42 Å². The Balaban J connectivity index is 1.75. The van der Waals surface area contributed by atoms with Crippen LogP contribution in [0.5, 0.6) is 0 Å². The molecule has 2 aromatic carbocycles. The number of hydrogen-bond donors (Lipinski definition) is 2. The molecule has 0 spiro atoms. The Morgan fingerprint density at radius 2 is 1.92 bits per heavy atom. The van der Waals surface area contributed by atoms with Gasteiger partial charge in [0.25, 0.3) is 5.91 Å². The van der Waals surface area contributed by atoms with Crippen molar-refractivity contribution in [2.24, 2.45) is 0 Å². The molecular weight excluding hydrogens is 337 g/mol. The van der Waals surface area contributed by atoms with Gasteiger partial charge in [0, 0.05) is 24.4 Å². The van der Waals surface area contributed by atoms with Gasteiger partial charge in [0.2, 0.25) is 0 Å². The first-order chi connectivity index (χ1) is 12.5. The average Bonchev–Trinajstić information content (AvgIpc) is 3.17. The fourth-order valence-corrected chi connectivity index (χ4v) is 2.51. The zero-order chi connectivity index (χ0) is 18.5. The summed E-state index contributed by atoms with van der Waals surface area (Å²) in [6.07, 6.45) is 3.42. The molecule has 2 N–H and O–H groups in total. The molecule has 3 aromatic rings. The van der Waals surface area contributed by atoms with Crippen LogP contribution in [0.1, 0.15) is 15.9 Å². The molecule has 0 aliphatic rings. The smallest absolute Gasteiger partial charge is 0.326 e. The molecule has 1 aromatic heterocycles. The molecule has 0 saturated carbocycles. The van der Waals surface area contributed by atoms with E-state index in [0.717, 1.165) is 0 Å². The van der Waals surface area contributed by atoms with E-state index in [1.165, 1.54) is 24.3 Å². The van der Waals surface area contributed by atoms with Crippen LogP contribution >= 0.6 is 0 Å². The molecule has 7 heteroatoms. The number of amides is 1. The van der Waals surface area contributed by atoms with Gasteiger partial charge in [0.1, 0.15) is 11.9 Å². The van der Waals surface area contributed by atoms with Gasteiger partial charge in [0.05, 0.1) is 5.69 Å². The Bertz CT molecular complexity index is 908. The van der Waals surface area contributed by atoms with Gasteiger partial charge in [-0.2, -0.15) is 5.10 Å². The van der Waals surface area contributed by atoms with Crippen LogP contribution < -0.4 is 5.32 Å². The molecule has 132 valence electrons. The Morgan fingerprint density at radius 3 is 2.58 bits per heavy atom. The van der Waals surface area contributed by atoms with E-state index in [1.54, 1.807) is 47.4 Å². The monoisotopic (exact) mass is 353 g/mol. The van der Waals surface area contributed by atoms with E-state index < -0.39 is 23.7 Å². The Morgan fingerprint density at radius 1 is 1.15 bits per heavy atom. The summed E-state index contributed by atoms with van der Waals surface area (Å²) in [6.45, 7) is 0. The number of hydrogen-bond acceptors (Lipinski definition) is 3. The molecule has 1 heterocycles. The second-order valence-electron chi connectivity index (χ2n) is 5.70. The molecule has 0 unspecified atom stereocenters. The molecule has 6 nitrogen and oxygen atoms in total. The highest BCUT2D eigenvalue weighted by Gasteiger charge is 2.21.